The number of nitrogens with one attached hydrogen (secondary N) is 1. The molecule has 1 N–H and O–H groups in total. The Kier molecular flexibility index (Phi) is 5.59. The lowest BCUT2D eigenvalue weighted by Gasteiger charge is -2.12. The summed E-state index contributed by atoms with van der Waals surface area (Å²) in [6.45, 7) is 0.384. The van der Waals surface area contributed by atoms with E-state index in [9.17, 15) is 4.79 Å². The van der Waals surface area contributed by atoms with Crippen LogP contribution in [0.15, 0.2) is 88.6 Å². The highest BCUT2D eigenvalue weighted by atomic mass is 35.5. The first-order chi connectivity index (χ1) is 14.2. The van der Waals surface area contributed by atoms with Crippen LogP contribution in [0.2, 0.25) is 5.02 Å². The average Bonchev–Trinajstić information content (AvgIpc) is 3.29. The summed E-state index contributed by atoms with van der Waals surface area (Å²) in [4.78, 5) is 12.0. The van der Waals surface area contributed by atoms with Crippen molar-refractivity contribution in [2.24, 2.45) is 5.10 Å². The summed E-state index contributed by atoms with van der Waals surface area (Å²) < 4.78 is 11.1. The number of rotatable bonds is 6. The average molecular weight is 405 g/mol. The zero-order valence-electron chi connectivity index (χ0n) is 15.3. The molecule has 1 heterocycles. The number of halogens is 1. The van der Waals surface area contributed by atoms with E-state index in [2.05, 4.69) is 10.5 Å². The van der Waals surface area contributed by atoms with Gasteiger partial charge in [-0.1, -0.05) is 54.1 Å². The fourth-order valence-electron chi connectivity index (χ4n) is 2.89. The molecule has 4 aromatic rings. The molecule has 144 valence electrons. The standard InChI is InChI=1S/C23H17ClN2O3/c24-18-10-7-16(8-11-18)15-29-21-12-9-17-4-1-2-5-19(17)20(21)14-25-26-23(27)22-6-3-13-28-22/h1-14H,15H2,(H,26,27)/b25-14+. The molecule has 0 fully saturated rings. The third kappa shape index (κ3) is 4.47. The summed E-state index contributed by atoms with van der Waals surface area (Å²) >= 11 is 5.94. The molecular formula is C23H17ClN2O3. The summed E-state index contributed by atoms with van der Waals surface area (Å²) in [5, 5.41) is 6.79. The monoisotopic (exact) mass is 404 g/mol. The normalized spacial score (nSPS) is 11.1. The number of hydrogen-bond acceptors (Lipinski definition) is 4. The molecule has 0 aliphatic rings. The van der Waals surface area contributed by atoms with Crippen LogP contribution in [0.3, 0.4) is 0 Å². The second-order valence-electron chi connectivity index (χ2n) is 6.29. The number of carbonyl (C=O) groups excluding carboxylic acids is 1. The number of fused-ring (bicyclic) bond motifs is 1. The van der Waals surface area contributed by atoms with Crippen LogP contribution < -0.4 is 10.2 Å². The highest BCUT2D eigenvalue weighted by molar-refractivity contribution is 6.30. The number of benzene rings is 3. The topological polar surface area (TPSA) is 63.8 Å². The van der Waals surface area contributed by atoms with Gasteiger partial charge >= 0.3 is 5.91 Å². The molecule has 1 amide bonds. The van der Waals surface area contributed by atoms with E-state index >= 15 is 0 Å². The summed E-state index contributed by atoms with van der Waals surface area (Å²) in [6, 6.07) is 22.5. The molecule has 1 aromatic heterocycles. The van der Waals surface area contributed by atoms with Gasteiger partial charge in [-0.25, -0.2) is 5.43 Å². The van der Waals surface area contributed by atoms with E-state index in [1.165, 1.54) is 6.26 Å². The van der Waals surface area contributed by atoms with Gasteiger partial charge in [0.25, 0.3) is 0 Å². The van der Waals surface area contributed by atoms with Crippen molar-refractivity contribution < 1.29 is 13.9 Å². The number of nitrogens with zero attached hydrogens (tertiary/aromatic N) is 1. The van der Waals surface area contributed by atoms with E-state index in [4.69, 9.17) is 20.8 Å². The molecule has 0 aliphatic heterocycles. The van der Waals surface area contributed by atoms with Gasteiger partial charge < -0.3 is 9.15 Å². The molecule has 0 radical (unpaired) electrons. The van der Waals surface area contributed by atoms with Crippen LogP contribution in [0.25, 0.3) is 10.8 Å². The van der Waals surface area contributed by atoms with E-state index in [0.717, 1.165) is 21.9 Å². The SMILES string of the molecule is O=C(N/N=C/c1c(OCc2ccc(Cl)cc2)ccc2ccccc12)c1ccco1. The molecule has 0 saturated carbocycles. The minimum absolute atomic E-state index is 0.194. The van der Waals surface area contributed by atoms with Crippen molar-refractivity contribution in [1.82, 2.24) is 5.43 Å². The van der Waals surface area contributed by atoms with E-state index < -0.39 is 5.91 Å². The maximum atomic E-state index is 12.0. The van der Waals surface area contributed by atoms with Crippen molar-refractivity contribution in [3.63, 3.8) is 0 Å². The number of hydrazone groups is 1. The maximum Gasteiger partial charge on any atom is 0.307 e. The molecule has 0 atom stereocenters. The van der Waals surface area contributed by atoms with E-state index in [1.807, 2.05) is 60.7 Å². The Morgan fingerprint density at radius 3 is 2.66 bits per heavy atom. The van der Waals surface area contributed by atoms with Crippen LogP contribution >= 0.6 is 11.6 Å². The molecule has 0 spiro atoms. The van der Waals surface area contributed by atoms with E-state index in [1.54, 1.807) is 18.3 Å². The van der Waals surface area contributed by atoms with Gasteiger partial charge in [-0.05, 0) is 46.7 Å². The van der Waals surface area contributed by atoms with Gasteiger partial charge in [-0.3, -0.25) is 4.79 Å². The van der Waals surface area contributed by atoms with Gasteiger partial charge in [0.1, 0.15) is 12.4 Å². The van der Waals surface area contributed by atoms with Crippen molar-refractivity contribution in [2.75, 3.05) is 0 Å². The molecule has 0 unspecified atom stereocenters. The highest BCUT2D eigenvalue weighted by Crippen LogP contribution is 2.27. The molecule has 29 heavy (non-hydrogen) atoms. The zero-order valence-corrected chi connectivity index (χ0v) is 16.1. The second-order valence-corrected chi connectivity index (χ2v) is 6.73. The van der Waals surface area contributed by atoms with Gasteiger partial charge in [0.2, 0.25) is 0 Å². The number of furan rings is 1. The molecule has 4 rings (SSSR count). The minimum Gasteiger partial charge on any atom is -0.488 e. The summed E-state index contributed by atoms with van der Waals surface area (Å²) in [5.41, 5.74) is 4.24. The molecule has 0 aliphatic carbocycles. The lowest BCUT2D eigenvalue weighted by molar-refractivity contribution is 0.0927. The lowest BCUT2D eigenvalue weighted by Crippen LogP contribution is -2.16. The Balaban J connectivity index is 1.59. The summed E-state index contributed by atoms with van der Waals surface area (Å²) in [6.07, 6.45) is 3.02. The van der Waals surface area contributed by atoms with Crippen molar-refractivity contribution in [3.8, 4) is 5.75 Å². The predicted octanol–water partition coefficient (Wildman–Crippen LogP) is 5.43. The second kappa shape index (κ2) is 8.63. The van der Waals surface area contributed by atoms with Crippen LogP contribution in [0.1, 0.15) is 21.7 Å². The molecule has 6 heteroatoms. The van der Waals surface area contributed by atoms with Gasteiger partial charge in [0.05, 0.1) is 12.5 Å². The third-order valence-corrected chi connectivity index (χ3v) is 4.59. The molecule has 0 saturated heterocycles. The van der Waals surface area contributed by atoms with Gasteiger partial charge in [-0.15, -0.1) is 0 Å². The minimum atomic E-state index is -0.421. The summed E-state index contributed by atoms with van der Waals surface area (Å²) in [7, 11) is 0. The lowest BCUT2D eigenvalue weighted by atomic mass is 10.0. The first-order valence-electron chi connectivity index (χ1n) is 8.96. The molecule has 0 bridgehead atoms. The molecular weight excluding hydrogens is 388 g/mol. The van der Waals surface area contributed by atoms with Crippen LogP contribution in [0.5, 0.6) is 5.75 Å². The largest absolute Gasteiger partial charge is 0.488 e. The Morgan fingerprint density at radius 2 is 1.86 bits per heavy atom. The number of carbonyl (C=O) groups is 1. The van der Waals surface area contributed by atoms with Gasteiger partial charge in [0.15, 0.2) is 5.76 Å². The van der Waals surface area contributed by atoms with Gasteiger partial charge in [0, 0.05) is 10.6 Å². The molecule has 3 aromatic carbocycles. The Morgan fingerprint density at radius 1 is 1.03 bits per heavy atom. The maximum absolute atomic E-state index is 12.0. The first kappa shape index (κ1) is 18.8. The Hall–Kier alpha value is -3.57. The van der Waals surface area contributed by atoms with Crippen LogP contribution in [0, 0.1) is 0 Å². The summed E-state index contributed by atoms with van der Waals surface area (Å²) in [5.74, 6) is 0.434. The Bertz CT molecular complexity index is 1150. The van der Waals surface area contributed by atoms with Crippen molar-refractivity contribution in [2.45, 2.75) is 6.61 Å². The van der Waals surface area contributed by atoms with Crippen molar-refractivity contribution >= 4 is 34.5 Å². The van der Waals surface area contributed by atoms with E-state index in [0.29, 0.717) is 17.4 Å². The fraction of sp³-hybridized carbons (Fsp3) is 0.0435. The van der Waals surface area contributed by atoms with E-state index in [-0.39, 0.29) is 5.76 Å². The first-order valence-corrected chi connectivity index (χ1v) is 9.34. The number of amides is 1. The molecule has 5 nitrogen and oxygen atoms in total. The van der Waals surface area contributed by atoms with Crippen molar-refractivity contribution in [1.29, 1.82) is 0 Å². The number of hydrogen-bond donors (Lipinski definition) is 1. The third-order valence-electron chi connectivity index (χ3n) is 4.34. The van der Waals surface area contributed by atoms with Crippen LogP contribution in [-0.2, 0) is 6.61 Å². The predicted molar refractivity (Wildman–Crippen MR) is 114 cm³/mol. The smallest absolute Gasteiger partial charge is 0.307 e. The quantitative estimate of drug-likeness (QED) is 0.344. The Labute approximate surface area is 172 Å². The zero-order chi connectivity index (χ0) is 20.1. The van der Waals surface area contributed by atoms with Crippen molar-refractivity contribution in [3.05, 3.63) is 101 Å². The highest BCUT2D eigenvalue weighted by Gasteiger charge is 2.09. The fourth-order valence-corrected chi connectivity index (χ4v) is 3.02. The number of ether oxygens (including phenoxy) is 1. The van der Waals surface area contributed by atoms with Gasteiger partial charge in [-0.2, -0.15) is 5.10 Å². The van der Waals surface area contributed by atoms with Crippen LogP contribution in [0.4, 0.5) is 0 Å². The van der Waals surface area contributed by atoms with Crippen LogP contribution in [-0.4, -0.2) is 12.1 Å².